The van der Waals surface area contributed by atoms with Gasteiger partial charge in [0.2, 0.25) is 8.32 Å². The van der Waals surface area contributed by atoms with Crippen LogP contribution in [0.25, 0.3) is 0 Å². The Morgan fingerprint density at radius 3 is 2.15 bits per heavy atom. The number of carbonyl (C=O) groups excluding carboxylic acids is 1. The molecule has 3 atom stereocenters. The van der Waals surface area contributed by atoms with Crippen molar-refractivity contribution in [3.63, 3.8) is 0 Å². The highest BCUT2D eigenvalue weighted by Gasteiger charge is 2.50. The molecule has 2 bridgehead atoms. The van der Waals surface area contributed by atoms with E-state index in [4.69, 9.17) is 9.16 Å². The van der Waals surface area contributed by atoms with Crippen LogP contribution < -0.4 is 0 Å². The van der Waals surface area contributed by atoms with E-state index in [1.54, 1.807) is 0 Å². The molecule has 0 saturated carbocycles. The Hall–Kier alpha value is -0.453. The fourth-order valence-electron chi connectivity index (χ4n) is 4.07. The minimum absolute atomic E-state index is 0.0134. The molecule has 0 amide bonds. The Bertz CT molecular complexity index is 379. The summed E-state index contributed by atoms with van der Waals surface area (Å²) < 4.78 is 12.4. The first-order valence-electron chi connectivity index (χ1n) is 7.83. The van der Waals surface area contributed by atoms with Crippen molar-refractivity contribution in [2.24, 2.45) is 0 Å². The molecular weight excluding hydrogens is 268 g/mol. The lowest BCUT2D eigenvalue weighted by molar-refractivity contribution is -0.143. The Morgan fingerprint density at radius 1 is 1.10 bits per heavy atom. The van der Waals surface area contributed by atoms with Gasteiger partial charge in [0.1, 0.15) is 12.2 Å². The Morgan fingerprint density at radius 2 is 1.65 bits per heavy atom. The zero-order valence-electron chi connectivity index (χ0n) is 13.6. The van der Waals surface area contributed by atoms with E-state index in [1.807, 2.05) is 12.2 Å². The fraction of sp³-hybridized carbons (Fsp3) is 0.812. The van der Waals surface area contributed by atoms with Crippen molar-refractivity contribution >= 4 is 14.1 Å². The third-order valence-electron chi connectivity index (χ3n) is 4.90. The molecule has 2 aliphatic rings. The number of hydrogen-bond donors (Lipinski definition) is 0. The Labute approximate surface area is 123 Å². The number of fused-ring (bicyclic) bond motifs is 2. The molecule has 0 unspecified atom stereocenters. The number of rotatable bonds is 5. The van der Waals surface area contributed by atoms with Crippen molar-refractivity contribution in [1.82, 2.24) is 0 Å². The van der Waals surface area contributed by atoms with Gasteiger partial charge in [-0.05, 0) is 16.6 Å². The van der Waals surface area contributed by atoms with Crippen LogP contribution in [-0.4, -0.2) is 32.4 Å². The van der Waals surface area contributed by atoms with Gasteiger partial charge in [0.15, 0.2) is 5.78 Å². The Kier molecular flexibility index (Phi) is 4.57. The lowest BCUT2D eigenvalue weighted by Crippen LogP contribution is -2.55. The maximum Gasteiger partial charge on any atom is 0.201 e. The highest BCUT2D eigenvalue weighted by molar-refractivity contribution is 6.77. The average Bonchev–Trinajstić information content (AvgIpc) is 2.71. The average molecular weight is 296 g/mol. The zero-order valence-corrected chi connectivity index (χ0v) is 14.6. The van der Waals surface area contributed by atoms with Crippen LogP contribution in [0.3, 0.4) is 0 Å². The van der Waals surface area contributed by atoms with Gasteiger partial charge in [-0.15, -0.1) is 0 Å². The zero-order chi connectivity index (χ0) is 15.1. The molecule has 0 aromatic heterocycles. The normalized spacial score (nSPS) is 30.1. The van der Waals surface area contributed by atoms with Crippen LogP contribution in [0.1, 0.15) is 48.0 Å². The number of ether oxygens (including phenoxy) is 1. The van der Waals surface area contributed by atoms with Gasteiger partial charge in [-0.25, -0.2) is 0 Å². The predicted molar refractivity (Wildman–Crippen MR) is 83.3 cm³/mol. The van der Waals surface area contributed by atoms with Crippen LogP contribution in [0, 0.1) is 0 Å². The van der Waals surface area contributed by atoms with Crippen molar-refractivity contribution in [2.45, 2.75) is 82.9 Å². The minimum atomic E-state index is -2.03. The topological polar surface area (TPSA) is 35.5 Å². The maximum atomic E-state index is 12.4. The van der Waals surface area contributed by atoms with E-state index >= 15 is 0 Å². The summed E-state index contributed by atoms with van der Waals surface area (Å²) in [4.78, 5) is 12.4. The van der Waals surface area contributed by atoms with Crippen LogP contribution in [0.15, 0.2) is 12.2 Å². The van der Waals surface area contributed by atoms with Crippen LogP contribution >= 0.6 is 0 Å². The van der Waals surface area contributed by atoms with Gasteiger partial charge in [-0.1, -0.05) is 53.7 Å². The van der Waals surface area contributed by atoms with Crippen LogP contribution in [0.5, 0.6) is 0 Å². The number of ketones is 1. The summed E-state index contributed by atoms with van der Waals surface area (Å²) >= 11 is 0. The van der Waals surface area contributed by atoms with Gasteiger partial charge in [-0.2, -0.15) is 0 Å². The third-order valence-corrected chi connectivity index (χ3v) is 11.0. The second-order valence-electron chi connectivity index (χ2n) is 7.05. The highest BCUT2D eigenvalue weighted by Crippen LogP contribution is 2.44. The van der Waals surface area contributed by atoms with E-state index in [-0.39, 0.29) is 24.1 Å². The van der Waals surface area contributed by atoms with Gasteiger partial charge in [0.25, 0.3) is 0 Å². The van der Waals surface area contributed by atoms with Gasteiger partial charge < -0.3 is 9.16 Å². The molecule has 0 aromatic carbocycles. The summed E-state index contributed by atoms with van der Waals surface area (Å²) in [5, 5.41) is 0. The molecule has 4 heteroatoms. The molecule has 0 aromatic rings. The molecule has 2 rings (SSSR count). The number of carbonyl (C=O) groups is 1. The molecular formula is C16H28O3Si. The standard InChI is InChI=1S/C16H28O3Si/c1-10(2)20(11(3)4,12(5)6)19-16-14(17)9-13-7-8-15(16)18-13/h7-8,10-13,15-16H,9H2,1-6H3/t13-,15+,16+/m0/s1. The van der Waals surface area contributed by atoms with Crippen molar-refractivity contribution in [2.75, 3.05) is 0 Å². The quantitative estimate of drug-likeness (QED) is 0.571. The van der Waals surface area contributed by atoms with Crippen molar-refractivity contribution in [1.29, 1.82) is 0 Å². The van der Waals surface area contributed by atoms with E-state index in [1.165, 1.54) is 0 Å². The summed E-state index contributed by atoms with van der Waals surface area (Å²) in [7, 11) is -2.03. The first-order valence-corrected chi connectivity index (χ1v) is 9.97. The molecule has 0 spiro atoms. The predicted octanol–water partition coefficient (Wildman–Crippen LogP) is 3.84. The highest BCUT2D eigenvalue weighted by atomic mass is 28.4. The molecule has 0 radical (unpaired) electrons. The SMILES string of the molecule is CC(C)[Si](O[C@@H]1C(=O)C[C@@H]2C=C[C@H]1O2)(C(C)C)C(C)C. The molecule has 1 saturated heterocycles. The maximum absolute atomic E-state index is 12.4. The molecule has 114 valence electrons. The number of Topliss-reactive ketones (excluding diaryl/α,β-unsaturated/α-hetero) is 1. The van der Waals surface area contributed by atoms with Crippen molar-refractivity contribution in [3.05, 3.63) is 12.2 Å². The lowest BCUT2D eigenvalue weighted by Gasteiger charge is -2.45. The van der Waals surface area contributed by atoms with Gasteiger partial charge >= 0.3 is 0 Å². The molecule has 2 heterocycles. The van der Waals surface area contributed by atoms with Gasteiger partial charge in [0.05, 0.1) is 6.10 Å². The summed E-state index contributed by atoms with van der Waals surface area (Å²) in [6.07, 6.45) is 3.93. The second kappa shape index (κ2) is 5.74. The summed E-state index contributed by atoms with van der Waals surface area (Å²) in [5.41, 5.74) is 1.45. The van der Waals surface area contributed by atoms with E-state index in [2.05, 4.69) is 41.5 Å². The van der Waals surface area contributed by atoms with E-state index < -0.39 is 8.32 Å². The van der Waals surface area contributed by atoms with Gasteiger partial charge in [-0.3, -0.25) is 4.79 Å². The fourth-order valence-corrected chi connectivity index (χ4v) is 9.59. The monoisotopic (exact) mass is 296 g/mol. The summed E-state index contributed by atoms with van der Waals surface area (Å²) in [6.45, 7) is 13.5. The van der Waals surface area contributed by atoms with Crippen molar-refractivity contribution in [3.8, 4) is 0 Å². The first kappa shape index (κ1) is 15.9. The van der Waals surface area contributed by atoms with Crippen LogP contribution in [0.4, 0.5) is 0 Å². The molecule has 2 aliphatic heterocycles. The van der Waals surface area contributed by atoms with Crippen LogP contribution in [0.2, 0.25) is 16.6 Å². The molecule has 20 heavy (non-hydrogen) atoms. The molecule has 3 nitrogen and oxygen atoms in total. The third kappa shape index (κ3) is 2.53. The summed E-state index contributed by atoms with van der Waals surface area (Å²) in [6, 6.07) is 0. The second-order valence-corrected chi connectivity index (χ2v) is 12.5. The van der Waals surface area contributed by atoms with E-state index in [9.17, 15) is 4.79 Å². The van der Waals surface area contributed by atoms with Gasteiger partial charge in [0, 0.05) is 6.42 Å². The summed E-state index contributed by atoms with van der Waals surface area (Å²) in [5.74, 6) is 0.218. The largest absolute Gasteiger partial charge is 0.403 e. The smallest absolute Gasteiger partial charge is 0.201 e. The molecule has 1 fully saturated rings. The first-order chi connectivity index (χ1) is 9.29. The van der Waals surface area contributed by atoms with Crippen LogP contribution in [-0.2, 0) is 14.0 Å². The lowest BCUT2D eigenvalue weighted by atomic mass is 10.1. The number of hydrogen-bond acceptors (Lipinski definition) is 3. The van der Waals surface area contributed by atoms with Crippen molar-refractivity contribution < 1.29 is 14.0 Å². The molecule has 0 aliphatic carbocycles. The van der Waals surface area contributed by atoms with E-state index in [0.29, 0.717) is 23.0 Å². The van der Waals surface area contributed by atoms with E-state index in [0.717, 1.165) is 0 Å². The molecule has 0 N–H and O–H groups in total. The Balaban J connectivity index is 2.27. The minimum Gasteiger partial charge on any atom is -0.403 e.